The van der Waals surface area contributed by atoms with Gasteiger partial charge in [0.1, 0.15) is 17.5 Å². The van der Waals surface area contributed by atoms with Gasteiger partial charge in [-0.2, -0.15) is 0 Å². The zero-order valence-corrected chi connectivity index (χ0v) is 16.9. The largest absolute Gasteiger partial charge is 0.504 e. The van der Waals surface area contributed by atoms with Gasteiger partial charge in [0, 0.05) is 24.1 Å². The van der Waals surface area contributed by atoms with Crippen LogP contribution in [-0.4, -0.2) is 54.2 Å². The van der Waals surface area contributed by atoms with E-state index in [1.165, 1.54) is 0 Å². The first-order valence-corrected chi connectivity index (χ1v) is 10.3. The highest BCUT2D eigenvalue weighted by Gasteiger charge is 2.78. The summed E-state index contributed by atoms with van der Waals surface area (Å²) in [5, 5.41) is 10.7. The minimum Gasteiger partial charge on any atom is -0.504 e. The lowest BCUT2D eigenvalue weighted by molar-refractivity contribution is -0.231. The van der Waals surface area contributed by atoms with Crippen LogP contribution in [0.4, 0.5) is 0 Å². The Balaban J connectivity index is 1.85. The van der Waals surface area contributed by atoms with E-state index in [9.17, 15) is 9.90 Å². The van der Waals surface area contributed by atoms with Crippen molar-refractivity contribution >= 4 is 5.78 Å². The maximum absolute atomic E-state index is 12.8. The number of ether oxygens (including phenoxy) is 2. The summed E-state index contributed by atoms with van der Waals surface area (Å²) in [4.78, 5) is 15.2. The summed E-state index contributed by atoms with van der Waals surface area (Å²) < 4.78 is 12.6. The smallest absolute Gasteiger partial charge is 0.164 e. The predicted molar refractivity (Wildman–Crippen MR) is 106 cm³/mol. The third kappa shape index (κ3) is 1.79. The van der Waals surface area contributed by atoms with Crippen LogP contribution >= 0.6 is 0 Å². The molecule has 0 aromatic rings. The summed E-state index contributed by atoms with van der Waals surface area (Å²) in [5.41, 5.74) is -0.579. The van der Waals surface area contributed by atoms with E-state index in [1.807, 2.05) is 6.08 Å². The quantitative estimate of drug-likeness (QED) is 0.742. The molecule has 0 aromatic carbocycles. The Morgan fingerprint density at radius 1 is 1.43 bits per heavy atom. The molecule has 0 aromatic heterocycles. The van der Waals surface area contributed by atoms with E-state index in [2.05, 4.69) is 30.7 Å². The Bertz CT molecular complexity index is 857. The third-order valence-electron chi connectivity index (χ3n) is 8.41. The second-order valence-corrected chi connectivity index (χ2v) is 9.19. The molecule has 5 heteroatoms. The van der Waals surface area contributed by atoms with Gasteiger partial charge in [-0.15, -0.1) is 0 Å². The van der Waals surface area contributed by atoms with Crippen LogP contribution in [0.5, 0.6) is 0 Å². The number of ketones is 1. The fourth-order valence-electron chi connectivity index (χ4n) is 7.17. The number of aliphatic hydroxyl groups excluding tert-OH is 1. The lowest BCUT2D eigenvalue weighted by atomic mass is 9.39. The number of carbonyl (C=O) groups is 1. The Labute approximate surface area is 166 Å². The molecule has 6 aliphatic rings. The zero-order valence-electron chi connectivity index (χ0n) is 16.9. The fraction of sp³-hybridized carbons (Fsp3) is 0.609. The van der Waals surface area contributed by atoms with Crippen molar-refractivity contribution in [1.29, 1.82) is 0 Å². The standard InChI is InChI=1S/C23H29NO4/c1-14-19-17(26)7-5-6-8-18-21-9-10-23(27-4,16(13-21)15(2)25)20(28-19)22(14,21)11-12-24(18)3/h5,7,9-10,16,18,20,26H,1,6,8,11-13H2,2-4H3/b7-5-,19-17-/t16-,18+,20+,21+,22-,23+/m0/s1. The van der Waals surface area contributed by atoms with Crippen LogP contribution in [0.2, 0.25) is 0 Å². The molecule has 1 saturated carbocycles. The van der Waals surface area contributed by atoms with Crippen LogP contribution in [-0.2, 0) is 14.3 Å². The molecule has 6 rings (SSSR count). The number of piperidine rings is 1. The first-order chi connectivity index (χ1) is 13.3. The number of methoxy groups -OCH3 is 1. The highest BCUT2D eigenvalue weighted by molar-refractivity contribution is 5.81. The number of aliphatic hydroxyl groups is 1. The molecule has 2 heterocycles. The van der Waals surface area contributed by atoms with Crippen molar-refractivity contribution in [2.45, 2.75) is 50.4 Å². The van der Waals surface area contributed by atoms with Crippen molar-refractivity contribution in [1.82, 2.24) is 4.90 Å². The molecule has 0 amide bonds. The molecule has 0 radical (unpaired) electrons. The molecule has 0 unspecified atom stereocenters. The number of rotatable bonds is 2. The normalized spacial score (nSPS) is 50.4. The van der Waals surface area contributed by atoms with Gasteiger partial charge in [0.15, 0.2) is 11.5 Å². The van der Waals surface area contributed by atoms with Crippen LogP contribution in [0, 0.1) is 16.7 Å². The predicted octanol–water partition coefficient (Wildman–Crippen LogP) is 3.30. The molecule has 5 bridgehead atoms. The third-order valence-corrected chi connectivity index (χ3v) is 8.41. The van der Waals surface area contributed by atoms with Crippen LogP contribution in [0.25, 0.3) is 0 Å². The summed E-state index contributed by atoms with van der Waals surface area (Å²) >= 11 is 0. The lowest BCUT2D eigenvalue weighted by Gasteiger charge is -2.69. The van der Waals surface area contributed by atoms with Crippen molar-refractivity contribution in [2.24, 2.45) is 16.7 Å². The molecule has 3 fully saturated rings. The maximum Gasteiger partial charge on any atom is 0.164 e. The number of fused-ring (bicyclic) bond motifs is 2. The first kappa shape index (κ1) is 18.2. The number of Topliss-reactive ketones (excluding diaryl/α,β-unsaturated/α-hetero) is 1. The van der Waals surface area contributed by atoms with Crippen molar-refractivity contribution in [3.05, 3.63) is 48.0 Å². The maximum atomic E-state index is 12.8. The topological polar surface area (TPSA) is 59.0 Å². The highest BCUT2D eigenvalue weighted by Crippen LogP contribution is 2.74. The van der Waals surface area contributed by atoms with Crippen LogP contribution < -0.4 is 0 Å². The van der Waals surface area contributed by atoms with Gasteiger partial charge >= 0.3 is 0 Å². The molecule has 28 heavy (non-hydrogen) atoms. The van der Waals surface area contributed by atoms with E-state index in [0.717, 1.165) is 37.8 Å². The van der Waals surface area contributed by atoms with Crippen molar-refractivity contribution in [3.63, 3.8) is 0 Å². The molecule has 2 saturated heterocycles. The van der Waals surface area contributed by atoms with Gasteiger partial charge in [-0.25, -0.2) is 0 Å². The number of allylic oxidation sites excluding steroid dienone is 3. The van der Waals surface area contributed by atoms with Gasteiger partial charge in [-0.3, -0.25) is 4.79 Å². The minimum atomic E-state index is -0.823. The van der Waals surface area contributed by atoms with E-state index in [-0.39, 0.29) is 40.4 Å². The van der Waals surface area contributed by atoms with Gasteiger partial charge in [-0.1, -0.05) is 24.8 Å². The summed E-state index contributed by atoms with van der Waals surface area (Å²) in [5.74, 6) is 0.476. The molecule has 6 atom stereocenters. The molecule has 150 valence electrons. The number of hydrogen-bond donors (Lipinski definition) is 1. The first-order valence-electron chi connectivity index (χ1n) is 10.3. The van der Waals surface area contributed by atoms with Gasteiger partial charge < -0.3 is 19.5 Å². The number of hydrogen-bond acceptors (Lipinski definition) is 5. The average Bonchev–Trinajstić information content (AvgIpc) is 3.00. The van der Waals surface area contributed by atoms with Crippen LogP contribution in [0.15, 0.2) is 48.0 Å². The van der Waals surface area contributed by atoms with Crippen LogP contribution in [0.3, 0.4) is 0 Å². The monoisotopic (exact) mass is 383 g/mol. The van der Waals surface area contributed by atoms with E-state index in [1.54, 1.807) is 20.1 Å². The number of nitrogens with zero attached hydrogens (tertiary/aromatic N) is 1. The van der Waals surface area contributed by atoms with Gasteiger partial charge in [0.05, 0.1) is 11.3 Å². The summed E-state index contributed by atoms with van der Waals surface area (Å²) in [6, 6.07) is 0.279. The Morgan fingerprint density at radius 3 is 2.93 bits per heavy atom. The molecule has 4 aliphatic carbocycles. The minimum absolute atomic E-state index is 0.131. The molecule has 2 spiro atoms. The Hall–Kier alpha value is -1.85. The SMILES string of the molecule is C=C1/C2=C(O)\C=C/CC[C@H]3N(C)CC[C@@]14[C@@H](O2)[C@@]1(OC)C=C[C@@]34C[C@H]1C(C)=O. The van der Waals surface area contributed by atoms with E-state index >= 15 is 0 Å². The Morgan fingerprint density at radius 2 is 2.21 bits per heavy atom. The lowest BCUT2D eigenvalue weighted by Crippen LogP contribution is -2.75. The molecule has 2 aliphatic heterocycles. The summed E-state index contributed by atoms with van der Waals surface area (Å²) in [6.07, 6.45) is 11.2. The number of likely N-dealkylation sites (tertiary alicyclic amines) is 1. The van der Waals surface area contributed by atoms with Crippen molar-refractivity contribution in [2.75, 3.05) is 20.7 Å². The Kier molecular flexibility index (Phi) is 3.64. The van der Waals surface area contributed by atoms with E-state index < -0.39 is 5.60 Å². The number of carbonyl (C=O) groups excluding carboxylic acids is 1. The van der Waals surface area contributed by atoms with Gasteiger partial charge in [0.2, 0.25) is 0 Å². The van der Waals surface area contributed by atoms with E-state index in [0.29, 0.717) is 5.76 Å². The zero-order chi connectivity index (χ0) is 19.9. The second kappa shape index (κ2) is 5.61. The average molecular weight is 383 g/mol. The molecular formula is C23H29NO4. The molecule has 5 nitrogen and oxygen atoms in total. The fourth-order valence-corrected chi connectivity index (χ4v) is 7.17. The van der Waals surface area contributed by atoms with E-state index in [4.69, 9.17) is 9.47 Å². The molecule has 1 N–H and O–H groups in total. The molecular weight excluding hydrogens is 354 g/mol. The van der Waals surface area contributed by atoms with Crippen molar-refractivity contribution in [3.8, 4) is 0 Å². The van der Waals surface area contributed by atoms with Crippen LogP contribution in [0.1, 0.15) is 32.6 Å². The summed E-state index contributed by atoms with van der Waals surface area (Å²) in [6.45, 7) is 7.06. The van der Waals surface area contributed by atoms with Crippen molar-refractivity contribution < 1.29 is 19.4 Å². The van der Waals surface area contributed by atoms with Gasteiger partial charge in [0.25, 0.3) is 0 Å². The highest BCUT2D eigenvalue weighted by atomic mass is 16.6. The second-order valence-electron chi connectivity index (χ2n) is 9.19. The summed E-state index contributed by atoms with van der Waals surface area (Å²) in [7, 11) is 3.86. The van der Waals surface area contributed by atoms with Gasteiger partial charge in [-0.05, 0) is 52.3 Å².